The Morgan fingerprint density at radius 1 is 1.19 bits per heavy atom. The van der Waals surface area contributed by atoms with E-state index in [1.165, 1.54) is 25.7 Å². The molecule has 5 heteroatoms. The van der Waals surface area contributed by atoms with Gasteiger partial charge in [-0.25, -0.2) is 4.98 Å². The number of nitrogens with zero attached hydrogens (tertiary/aromatic N) is 2. The van der Waals surface area contributed by atoms with Gasteiger partial charge in [0.1, 0.15) is 10.6 Å². The zero-order chi connectivity index (χ0) is 14.2. The van der Waals surface area contributed by atoms with Gasteiger partial charge in [0.15, 0.2) is 0 Å². The lowest BCUT2D eigenvalue weighted by Gasteiger charge is -2.17. The molecule has 2 saturated carbocycles. The predicted octanol–water partition coefficient (Wildman–Crippen LogP) is 3.97. The number of anilines is 2. The Hall–Kier alpha value is -1.36. The van der Waals surface area contributed by atoms with E-state index in [4.69, 9.17) is 0 Å². The molecule has 0 aromatic carbocycles. The van der Waals surface area contributed by atoms with Crippen molar-refractivity contribution in [1.29, 1.82) is 0 Å². The van der Waals surface area contributed by atoms with Crippen molar-refractivity contribution < 1.29 is 0 Å². The molecule has 21 heavy (non-hydrogen) atoms. The van der Waals surface area contributed by atoms with Gasteiger partial charge in [-0.2, -0.15) is 4.98 Å². The zero-order valence-corrected chi connectivity index (χ0v) is 13.2. The minimum Gasteiger partial charge on any atom is -0.369 e. The smallest absolute Gasteiger partial charge is 0.226 e. The maximum absolute atomic E-state index is 4.67. The fourth-order valence-electron chi connectivity index (χ4n) is 3.21. The van der Waals surface area contributed by atoms with E-state index in [0.29, 0.717) is 0 Å². The van der Waals surface area contributed by atoms with Gasteiger partial charge in [0.2, 0.25) is 5.95 Å². The normalized spacial score (nSPS) is 18.4. The number of rotatable bonds is 7. The SMILES string of the molecule is CCNc1nc(NCC(C2CC2)C2CC2)c2ccsc2n1. The van der Waals surface area contributed by atoms with Crippen molar-refractivity contribution in [3.63, 3.8) is 0 Å². The molecule has 4 rings (SSSR count). The van der Waals surface area contributed by atoms with Crippen molar-refractivity contribution in [2.45, 2.75) is 32.6 Å². The number of nitrogens with one attached hydrogen (secondary N) is 2. The van der Waals surface area contributed by atoms with Gasteiger partial charge in [0, 0.05) is 13.1 Å². The Morgan fingerprint density at radius 2 is 1.95 bits per heavy atom. The fraction of sp³-hybridized carbons (Fsp3) is 0.625. The molecule has 2 aliphatic carbocycles. The number of hydrogen-bond acceptors (Lipinski definition) is 5. The third-order valence-corrected chi connectivity index (χ3v) is 5.43. The molecule has 0 aliphatic heterocycles. The second-order valence-electron chi connectivity index (χ2n) is 6.29. The molecule has 0 amide bonds. The highest BCUT2D eigenvalue weighted by atomic mass is 32.1. The molecule has 0 radical (unpaired) electrons. The lowest BCUT2D eigenvalue weighted by Crippen LogP contribution is -2.19. The highest BCUT2D eigenvalue weighted by Gasteiger charge is 2.41. The predicted molar refractivity (Wildman–Crippen MR) is 89.0 cm³/mol. The highest BCUT2D eigenvalue weighted by Crippen LogP contribution is 2.49. The Balaban J connectivity index is 1.55. The van der Waals surface area contributed by atoms with Crippen LogP contribution in [0.3, 0.4) is 0 Å². The van der Waals surface area contributed by atoms with Crippen molar-refractivity contribution in [1.82, 2.24) is 9.97 Å². The maximum atomic E-state index is 4.67. The summed E-state index contributed by atoms with van der Waals surface area (Å²) in [6, 6.07) is 2.13. The monoisotopic (exact) mass is 302 g/mol. The van der Waals surface area contributed by atoms with E-state index in [9.17, 15) is 0 Å². The molecule has 2 aromatic heterocycles. The van der Waals surface area contributed by atoms with Crippen molar-refractivity contribution in [2.24, 2.45) is 17.8 Å². The van der Waals surface area contributed by atoms with Crippen LogP contribution in [0.5, 0.6) is 0 Å². The summed E-state index contributed by atoms with van der Waals surface area (Å²) < 4.78 is 0. The van der Waals surface area contributed by atoms with E-state index in [-0.39, 0.29) is 0 Å². The van der Waals surface area contributed by atoms with E-state index < -0.39 is 0 Å². The zero-order valence-electron chi connectivity index (χ0n) is 12.4. The Kier molecular flexibility index (Phi) is 3.45. The van der Waals surface area contributed by atoms with Crippen LogP contribution in [-0.2, 0) is 0 Å². The molecule has 2 aromatic rings. The lowest BCUT2D eigenvalue weighted by atomic mass is 9.98. The van der Waals surface area contributed by atoms with Crippen molar-refractivity contribution in [3.05, 3.63) is 11.4 Å². The average Bonchev–Trinajstić information content (AvgIpc) is 3.39. The van der Waals surface area contributed by atoms with E-state index in [0.717, 1.165) is 52.8 Å². The van der Waals surface area contributed by atoms with Crippen LogP contribution in [0.1, 0.15) is 32.6 Å². The van der Waals surface area contributed by atoms with Crippen LogP contribution in [0, 0.1) is 17.8 Å². The summed E-state index contributed by atoms with van der Waals surface area (Å²) in [5.41, 5.74) is 0. The quantitative estimate of drug-likeness (QED) is 0.812. The summed E-state index contributed by atoms with van der Waals surface area (Å²) in [6.45, 7) is 4.00. The third kappa shape index (κ3) is 2.84. The number of hydrogen-bond donors (Lipinski definition) is 2. The molecule has 4 nitrogen and oxygen atoms in total. The van der Waals surface area contributed by atoms with Crippen molar-refractivity contribution >= 4 is 33.3 Å². The van der Waals surface area contributed by atoms with Crippen molar-refractivity contribution in [2.75, 3.05) is 23.7 Å². The van der Waals surface area contributed by atoms with Crippen LogP contribution in [0.4, 0.5) is 11.8 Å². The average molecular weight is 302 g/mol. The highest BCUT2D eigenvalue weighted by molar-refractivity contribution is 7.16. The Bertz CT molecular complexity index is 618. The first-order valence-electron chi connectivity index (χ1n) is 8.08. The van der Waals surface area contributed by atoms with Gasteiger partial charge in [-0.15, -0.1) is 11.3 Å². The summed E-state index contributed by atoms with van der Waals surface area (Å²) in [5.74, 6) is 4.54. The van der Waals surface area contributed by atoms with Crippen LogP contribution in [0.25, 0.3) is 10.2 Å². The van der Waals surface area contributed by atoms with Gasteiger partial charge in [-0.3, -0.25) is 0 Å². The largest absolute Gasteiger partial charge is 0.369 e. The molecule has 2 aliphatic rings. The van der Waals surface area contributed by atoms with Crippen molar-refractivity contribution in [3.8, 4) is 0 Å². The Morgan fingerprint density at radius 3 is 2.62 bits per heavy atom. The summed E-state index contributed by atoms with van der Waals surface area (Å²) in [4.78, 5) is 10.3. The van der Waals surface area contributed by atoms with E-state index in [2.05, 4.69) is 39.0 Å². The van der Waals surface area contributed by atoms with Gasteiger partial charge in [0.05, 0.1) is 5.39 Å². The van der Waals surface area contributed by atoms with Gasteiger partial charge in [0.25, 0.3) is 0 Å². The molecular formula is C16H22N4S. The van der Waals surface area contributed by atoms with E-state index >= 15 is 0 Å². The molecule has 0 spiro atoms. The van der Waals surface area contributed by atoms with Crippen LogP contribution >= 0.6 is 11.3 Å². The first-order chi connectivity index (χ1) is 10.3. The van der Waals surface area contributed by atoms with Gasteiger partial charge in [-0.05, 0) is 61.8 Å². The topological polar surface area (TPSA) is 49.8 Å². The third-order valence-electron chi connectivity index (χ3n) is 4.62. The second kappa shape index (κ2) is 5.44. The summed E-state index contributed by atoms with van der Waals surface area (Å²) in [7, 11) is 0. The minimum atomic E-state index is 0.740. The van der Waals surface area contributed by atoms with Gasteiger partial charge >= 0.3 is 0 Å². The summed E-state index contributed by atoms with van der Waals surface area (Å²) in [6.07, 6.45) is 5.73. The fourth-order valence-corrected chi connectivity index (χ4v) is 3.97. The molecule has 0 saturated heterocycles. The summed E-state index contributed by atoms with van der Waals surface area (Å²) >= 11 is 1.68. The number of thiophene rings is 1. The molecule has 2 fully saturated rings. The molecule has 2 N–H and O–H groups in total. The van der Waals surface area contributed by atoms with Crippen LogP contribution in [-0.4, -0.2) is 23.1 Å². The maximum Gasteiger partial charge on any atom is 0.226 e. The minimum absolute atomic E-state index is 0.740. The summed E-state index contributed by atoms with van der Waals surface area (Å²) in [5, 5.41) is 10.1. The van der Waals surface area contributed by atoms with Gasteiger partial charge < -0.3 is 10.6 Å². The molecule has 0 atom stereocenters. The van der Waals surface area contributed by atoms with Crippen LogP contribution in [0.2, 0.25) is 0 Å². The number of aromatic nitrogens is 2. The molecular weight excluding hydrogens is 280 g/mol. The second-order valence-corrected chi connectivity index (χ2v) is 7.18. The van der Waals surface area contributed by atoms with E-state index in [1.54, 1.807) is 11.3 Å². The van der Waals surface area contributed by atoms with Crippen LogP contribution < -0.4 is 10.6 Å². The van der Waals surface area contributed by atoms with Gasteiger partial charge in [-0.1, -0.05) is 0 Å². The first kappa shape index (κ1) is 13.3. The standard InChI is InChI=1S/C16H22N4S/c1-2-17-16-19-14(12-7-8-21-15(12)20-16)18-9-13(10-3-4-10)11-5-6-11/h7-8,10-11,13H,2-6,9H2,1H3,(H2,17,18,19,20). The lowest BCUT2D eigenvalue weighted by molar-refractivity contribution is 0.428. The Labute approximate surface area is 129 Å². The molecule has 0 bridgehead atoms. The van der Waals surface area contributed by atoms with E-state index in [1.807, 2.05) is 0 Å². The van der Waals surface area contributed by atoms with Crippen LogP contribution in [0.15, 0.2) is 11.4 Å². The molecule has 2 heterocycles. The molecule has 0 unspecified atom stereocenters. The molecule has 112 valence electrons. The first-order valence-corrected chi connectivity index (χ1v) is 8.96. The number of fused-ring (bicyclic) bond motifs is 1.